The van der Waals surface area contributed by atoms with E-state index in [1.165, 1.54) is 21.4 Å². The van der Waals surface area contributed by atoms with Crippen molar-refractivity contribution in [3.8, 4) is 11.1 Å². The summed E-state index contributed by atoms with van der Waals surface area (Å²) >= 11 is 1.77. The average Bonchev–Trinajstić information content (AvgIpc) is 3.14. The number of thiophene rings is 1. The Morgan fingerprint density at radius 2 is 1.74 bits per heavy atom. The van der Waals surface area contributed by atoms with Crippen LogP contribution in [0.2, 0.25) is 0 Å². The van der Waals surface area contributed by atoms with Crippen molar-refractivity contribution in [2.24, 2.45) is 0 Å². The van der Waals surface area contributed by atoms with Crippen molar-refractivity contribution in [1.82, 2.24) is 4.98 Å². The zero-order chi connectivity index (χ0) is 21.8. The summed E-state index contributed by atoms with van der Waals surface area (Å²) in [7, 11) is 0. The average molecular weight is 435 g/mol. The summed E-state index contributed by atoms with van der Waals surface area (Å²) < 4.78 is 27.6. The molecule has 0 spiro atoms. The number of halogens is 2. The summed E-state index contributed by atoms with van der Waals surface area (Å²) in [6, 6.07) is 16.8. The van der Waals surface area contributed by atoms with Gasteiger partial charge in [0.15, 0.2) is 0 Å². The van der Waals surface area contributed by atoms with Crippen LogP contribution in [0.15, 0.2) is 73.1 Å². The van der Waals surface area contributed by atoms with E-state index in [9.17, 15) is 13.6 Å². The maximum absolute atomic E-state index is 13.8. The van der Waals surface area contributed by atoms with Crippen molar-refractivity contribution < 1.29 is 13.6 Å². The molecule has 0 fully saturated rings. The van der Waals surface area contributed by atoms with Gasteiger partial charge in [-0.3, -0.25) is 9.78 Å². The molecule has 0 atom stereocenters. The third kappa shape index (κ3) is 4.86. The van der Waals surface area contributed by atoms with Gasteiger partial charge in [0.2, 0.25) is 0 Å². The topological polar surface area (TPSA) is 42.0 Å². The Bertz CT molecular complexity index is 1180. The third-order valence-electron chi connectivity index (χ3n) is 5.00. The summed E-state index contributed by atoms with van der Waals surface area (Å²) in [5, 5.41) is 2.55. The first kappa shape index (κ1) is 20.9. The fourth-order valence-corrected chi connectivity index (χ4v) is 4.47. The second kappa shape index (κ2) is 9.18. The molecule has 0 aliphatic carbocycles. The molecule has 1 amide bonds. The van der Waals surface area contributed by atoms with Crippen LogP contribution in [0, 0.1) is 18.6 Å². The molecule has 2 aromatic heterocycles. The van der Waals surface area contributed by atoms with Crippen molar-refractivity contribution in [1.29, 1.82) is 0 Å². The molecule has 0 aliphatic heterocycles. The van der Waals surface area contributed by atoms with Gasteiger partial charge >= 0.3 is 0 Å². The Morgan fingerprint density at radius 3 is 2.42 bits per heavy atom. The highest BCUT2D eigenvalue weighted by Crippen LogP contribution is 2.32. The molecule has 2 heterocycles. The van der Waals surface area contributed by atoms with Crippen LogP contribution in [0.5, 0.6) is 0 Å². The predicted octanol–water partition coefficient (Wildman–Crippen LogP) is 6.43. The smallest absolute Gasteiger partial charge is 0.261 e. The highest BCUT2D eigenvalue weighted by atomic mass is 32.1. The van der Waals surface area contributed by atoms with Crippen LogP contribution in [0.1, 0.15) is 25.7 Å². The normalized spacial score (nSPS) is 10.8. The van der Waals surface area contributed by atoms with Gasteiger partial charge in [-0.1, -0.05) is 24.3 Å². The Hall–Kier alpha value is -3.38. The number of nitrogens with zero attached hydrogens (tertiary/aromatic N) is 1. The van der Waals surface area contributed by atoms with E-state index in [0.29, 0.717) is 5.69 Å². The first-order valence-corrected chi connectivity index (χ1v) is 10.7. The number of rotatable bonds is 6. The number of carbonyl (C=O) groups is 1. The fraction of sp³-hybridized carbons (Fsp3) is 0.120. The van der Waals surface area contributed by atoms with E-state index in [0.717, 1.165) is 36.1 Å². The number of benzene rings is 2. The first-order chi connectivity index (χ1) is 15.0. The number of hydrogen-bond acceptors (Lipinski definition) is 3. The maximum atomic E-state index is 13.8. The van der Waals surface area contributed by atoms with Crippen LogP contribution < -0.4 is 5.32 Å². The fourth-order valence-electron chi connectivity index (χ4n) is 3.41. The van der Waals surface area contributed by atoms with Gasteiger partial charge in [0.05, 0.1) is 0 Å². The largest absolute Gasteiger partial charge is 0.322 e. The standard InChI is InChI=1S/C25H20F2N2OS/c1-16-21(14-20(31-16)12-7-17-4-3-13-28-15-17)18-8-10-19(11-9-18)29-25(30)24-22(26)5-2-6-23(24)27/h2-6,8-11,13-15H,7,12H2,1H3,(H,29,30). The van der Waals surface area contributed by atoms with Crippen LogP contribution in [0.25, 0.3) is 11.1 Å². The lowest BCUT2D eigenvalue weighted by Gasteiger charge is -2.08. The molecule has 6 heteroatoms. The predicted molar refractivity (Wildman–Crippen MR) is 120 cm³/mol. The van der Waals surface area contributed by atoms with E-state index in [-0.39, 0.29) is 0 Å². The second-order valence-electron chi connectivity index (χ2n) is 7.17. The first-order valence-electron chi connectivity index (χ1n) is 9.85. The number of pyridine rings is 1. The van der Waals surface area contributed by atoms with E-state index in [1.54, 1.807) is 29.7 Å². The van der Waals surface area contributed by atoms with Crippen LogP contribution in [0.4, 0.5) is 14.5 Å². The monoisotopic (exact) mass is 434 g/mol. The van der Waals surface area contributed by atoms with E-state index >= 15 is 0 Å². The second-order valence-corrected chi connectivity index (χ2v) is 8.51. The molecular weight excluding hydrogens is 414 g/mol. The summed E-state index contributed by atoms with van der Waals surface area (Å²) in [6.07, 6.45) is 5.54. The molecule has 4 aromatic rings. The number of amides is 1. The minimum atomic E-state index is -0.887. The van der Waals surface area contributed by atoms with Gasteiger partial charge in [-0.15, -0.1) is 11.3 Å². The Balaban J connectivity index is 1.46. The number of anilines is 1. The van der Waals surface area contributed by atoms with Crippen molar-refractivity contribution in [3.05, 3.63) is 106 Å². The van der Waals surface area contributed by atoms with Crippen molar-refractivity contribution in [3.63, 3.8) is 0 Å². The SMILES string of the molecule is Cc1sc(CCc2cccnc2)cc1-c1ccc(NC(=O)c2c(F)cccc2F)cc1. The number of carbonyl (C=O) groups excluding carboxylic acids is 1. The Morgan fingerprint density at radius 1 is 1.00 bits per heavy atom. The zero-order valence-corrected chi connectivity index (χ0v) is 17.7. The molecule has 0 unspecified atom stereocenters. The molecule has 0 aliphatic rings. The van der Waals surface area contributed by atoms with Crippen LogP contribution >= 0.6 is 11.3 Å². The van der Waals surface area contributed by atoms with E-state index < -0.39 is 23.1 Å². The van der Waals surface area contributed by atoms with Crippen LogP contribution in [-0.2, 0) is 12.8 Å². The lowest BCUT2D eigenvalue weighted by atomic mass is 10.0. The Kier molecular flexibility index (Phi) is 6.18. The minimum absolute atomic E-state index is 0.473. The number of nitrogens with one attached hydrogen (secondary N) is 1. The third-order valence-corrected chi connectivity index (χ3v) is 6.11. The maximum Gasteiger partial charge on any atom is 0.261 e. The molecule has 31 heavy (non-hydrogen) atoms. The van der Waals surface area contributed by atoms with E-state index in [4.69, 9.17) is 0 Å². The molecule has 156 valence electrons. The molecule has 3 nitrogen and oxygen atoms in total. The summed E-state index contributed by atoms with van der Waals surface area (Å²) in [6.45, 7) is 2.09. The highest BCUT2D eigenvalue weighted by molar-refractivity contribution is 7.12. The lowest BCUT2D eigenvalue weighted by molar-refractivity contribution is 0.101. The molecular formula is C25H20F2N2OS. The summed E-state index contributed by atoms with van der Waals surface area (Å²) in [4.78, 5) is 18.9. The van der Waals surface area contributed by atoms with Crippen LogP contribution in [0.3, 0.4) is 0 Å². The minimum Gasteiger partial charge on any atom is -0.322 e. The summed E-state index contributed by atoms with van der Waals surface area (Å²) in [5.74, 6) is -2.59. The van der Waals surface area contributed by atoms with Gasteiger partial charge in [-0.25, -0.2) is 8.78 Å². The highest BCUT2D eigenvalue weighted by Gasteiger charge is 2.17. The van der Waals surface area contributed by atoms with Crippen molar-refractivity contribution in [2.45, 2.75) is 19.8 Å². The molecule has 0 saturated heterocycles. The number of aromatic nitrogens is 1. The number of aryl methyl sites for hydroxylation is 3. The molecule has 0 radical (unpaired) electrons. The van der Waals surface area contributed by atoms with Crippen molar-refractivity contribution in [2.75, 3.05) is 5.32 Å². The van der Waals surface area contributed by atoms with Gasteiger partial charge < -0.3 is 5.32 Å². The molecule has 0 saturated carbocycles. The zero-order valence-electron chi connectivity index (χ0n) is 16.9. The van der Waals surface area contributed by atoms with Gasteiger partial charge in [0.25, 0.3) is 5.91 Å². The van der Waals surface area contributed by atoms with Gasteiger partial charge in [-0.2, -0.15) is 0 Å². The van der Waals surface area contributed by atoms with Crippen LogP contribution in [-0.4, -0.2) is 10.9 Å². The lowest BCUT2D eigenvalue weighted by Crippen LogP contribution is -2.15. The van der Waals surface area contributed by atoms with Gasteiger partial charge in [0.1, 0.15) is 17.2 Å². The van der Waals surface area contributed by atoms with Gasteiger partial charge in [-0.05, 0) is 72.9 Å². The number of hydrogen-bond donors (Lipinski definition) is 1. The Labute approximate surface area is 183 Å². The van der Waals surface area contributed by atoms with Crippen molar-refractivity contribution >= 4 is 22.9 Å². The molecule has 1 N–H and O–H groups in total. The van der Waals surface area contributed by atoms with E-state index in [2.05, 4.69) is 29.4 Å². The molecule has 2 aromatic carbocycles. The summed E-state index contributed by atoms with van der Waals surface area (Å²) in [5.41, 5.74) is 3.27. The van der Waals surface area contributed by atoms with Gasteiger partial charge in [0, 0.05) is 27.8 Å². The molecule has 4 rings (SSSR count). The quantitative estimate of drug-likeness (QED) is 0.380. The molecule has 0 bridgehead atoms. The van der Waals surface area contributed by atoms with E-state index in [1.807, 2.05) is 24.4 Å².